The summed E-state index contributed by atoms with van der Waals surface area (Å²) in [4.78, 5) is 0. The second-order valence-electron chi connectivity index (χ2n) is 5.94. The zero-order chi connectivity index (χ0) is 16.2. The first-order chi connectivity index (χ1) is 10.7. The minimum atomic E-state index is -1.02. The molecule has 0 saturated carbocycles. The number of unbranched alkanes of at least 4 members (excludes halogenated alkanes) is 6. The maximum atomic E-state index is 9.78. The highest BCUT2D eigenvalue weighted by molar-refractivity contribution is 4.90. The number of hydrogen-bond donors (Lipinski definition) is 3. The van der Waals surface area contributed by atoms with Crippen LogP contribution in [0.2, 0.25) is 0 Å². The van der Waals surface area contributed by atoms with E-state index in [-0.39, 0.29) is 6.61 Å². The van der Waals surface area contributed by atoms with Gasteiger partial charge in [0.15, 0.2) is 0 Å². The highest BCUT2D eigenvalue weighted by Gasteiger charge is 2.40. The van der Waals surface area contributed by atoms with E-state index < -0.39 is 31.0 Å². The standard InChI is InChI=1S/C17H32O5/c1-2-3-4-5-6-7-8-9-10-11-21-17-15(20)13-22-16(17)14(19)12-18/h9-10,14-20H,2-8,11-13H2,1H3/b10-9+/t14-,15+,16-,17-/m1/s1. The first-order valence-electron chi connectivity index (χ1n) is 8.55. The molecule has 1 aliphatic heterocycles. The van der Waals surface area contributed by atoms with Crippen molar-refractivity contribution in [3.05, 3.63) is 12.2 Å². The Kier molecular flexibility index (Phi) is 10.7. The van der Waals surface area contributed by atoms with Crippen molar-refractivity contribution < 1.29 is 24.8 Å². The SMILES string of the molecule is CCCCCCCC/C=C/CO[C@H]1[C@@H]([C@H](O)CO)OC[C@@H]1O. The van der Waals surface area contributed by atoms with Gasteiger partial charge in [0.05, 0.1) is 19.8 Å². The van der Waals surface area contributed by atoms with Gasteiger partial charge in [0, 0.05) is 0 Å². The number of ether oxygens (including phenoxy) is 2. The van der Waals surface area contributed by atoms with E-state index in [9.17, 15) is 10.2 Å². The lowest BCUT2D eigenvalue weighted by molar-refractivity contribution is -0.0879. The first kappa shape index (κ1) is 19.6. The molecule has 0 unspecified atom stereocenters. The van der Waals surface area contributed by atoms with Gasteiger partial charge in [0.2, 0.25) is 0 Å². The minimum Gasteiger partial charge on any atom is -0.394 e. The van der Waals surface area contributed by atoms with Crippen LogP contribution in [0.4, 0.5) is 0 Å². The van der Waals surface area contributed by atoms with Crippen LogP contribution in [0.1, 0.15) is 51.9 Å². The molecule has 130 valence electrons. The predicted molar refractivity (Wildman–Crippen MR) is 85.7 cm³/mol. The molecule has 1 aliphatic rings. The maximum Gasteiger partial charge on any atom is 0.115 e. The fourth-order valence-corrected chi connectivity index (χ4v) is 2.65. The van der Waals surface area contributed by atoms with Crippen LogP contribution in [-0.2, 0) is 9.47 Å². The van der Waals surface area contributed by atoms with Gasteiger partial charge in [-0.15, -0.1) is 0 Å². The van der Waals surface area contributed by atoms with Crippen LogP contribution in [0, 0.1) is 0 Å². The summed E-state index contributed by atoms with van der Waals surface area (Å²) in [5.41, 5.74) is 0. The van der Waals surface area contributed by atoms with Crippen molar-refractivity contribution in [3.63, 3.8) is 0 Å². The zero-order valence-corrected chi connectivity index (χ0v) is 13.7. The molecular weight excluding hydrogens is 284 g/mol. The van der Waals surface area contributed by atoms with Crippen LogP contribution in [0.15, 0.2) is 12.2 Å². The second-order valence-corrected chi connectivity index (χ2v) is 5.94. The molecule has 1 saturated heterocycles. The van der Waals surface area contributed by atoms with E-state index in [0.29, 0.717) is 6.61 Å². The summed E-state index contributed by atoms with van der Waals surface area (Å²) in [5.74, 6) is 0. The van der Waals surface area contributed by atoms with Gasteiger partial charge < -0.3 is 24.8 Å². The average molecular weight is 316 g/mol. The quantitative estimate of drug-likeness (QED) is 0.378. The van der Waals surface area contributed by atoms with E-state index >= 15 is 0 Å². The molecule has 22 heavy (non-hydrogen) atoms. The Hall–Kier alpha value is -0.460. The van der Waals surface area contributed by atoms with Crippen molar-refractivity contribution in [1.82, 2.24) is 0 Å². The Morgan fingerprint density at radius 1 is 1.18 bits per heavy atom. The van der Waals surface area contributed by atoms with Crippen molar-refractivity contribution in [2.75, 3.05) is 19.8 Å². The number of rotatable bonds is 12. The van der Waals surface area contributed by atoms with Gasteiger partial charge in [-0.3, -0.25) is 0 Å². The van der Waals surface area contributed by atoms with Gasteiger partial charge in [0.25, 0.3) is 0 Å². The molecule has 0 aromatic carbocycles. The van der Waals surface area contributed by atoms with Crippen LogP contribution >= 0.6 is 0 Å². The zero-order valence-electron chi connectivity index (χ0n) is 13.7. The maximum absolute atomic E-state index is 9.78. The average Bonchev–Trinajstić information content (AvgIpc) is 2.89. The van der Waals surface area contributed by atoms with Crippen LogP contribution in [0.25, 0.3) is 0 Å². The predicted octanol–water partition coefficient (Wildman–Crippen LogP) is 1.79. The summed E-state index contributed by atoms with van der Waals surface area (Å²) in [6.07, 6.45) is 9.78. The molecule has 0 bridgehead atoms. The first-order valence-corrected chi connectivity index (χ1v) is 8.55. The molecule has 3 N–H and O–H groups in total. The van der Waals surface area contributed by atoms with Crippen LogP contribution in [0.3, 0.4) is 0 Å². The molecule has 1 heterocycles. The molecule has 4 atom stereocenters. The molecule has 0 radical (unpaired) electrons. The van der Waals surface area contributed by atoms with Crippen molar-refractivity contribution in [1.29, 1.82) is 0 Å². The second kappa shape index (κ2) is 12.0. The molecule has 0 amide bonds. The van der Waals surface area contributed by atoms with E-state index in [1.807, 2.05) is 6.08 Å². The lowest BCUT2D eigenvalue weighted by atomic mass is 10.1. The molecule has 5 nitrogen and oxygen atoms in total. The van der Waals surface area contributed by atoms with E-state index in [2.05, 4.69) is 13.0 Å². The largest absolute Gasteiger partial charge is 0.394 e. The van der Waals surface area contributed by atoms with E-state index in [1.165, 1.54) is 38.5 Å². The van der Waals surface area contributed by atoms with Crippen LogP contribution in [-0.4, -0.2) is 59.6 Å². The smallest absolute Gasteiger partial charge is 0.115 e. The summed E-state index contributed by atoms with van der Waals surface area (Å²) < 4.78 is 10.8. The Balaban J connectivity index is 2.10. The Bertz CT molecular complexity index is 295. The lowest BCUT2D eigenvalue weighted by Gasteiger charge is -2.23. The fraction of sp³-hybridized carbons (Fsp3) is 0.882. The van der Waals surface area contributed by atoms with E-state index in [1.54, 1.807) is 0 Å². The Morgan fingerprint density at radius 2 is 1.91 bits per heavy atom. The van der Waals surface area contributed by atoms with Crippen LogP contribution in [0.5, 0.6) is 0 Å². The Morgan fingerprint density at radius 3 is 2.64 bits per heavy atom. The highest BCUT2D eigenvalue weighted by atomic mass is 16.6. The minimum absolute atomic E-state index is 0.133. The van der Waals surface area contributed by atoms with Gasteiger partial charge in [-0.25, -0.2) is 0 Å². The molecular formula is C17H32O5. The lowest BCUT2D eigenvalue weighted by Crippen LogP contribution is -2.42. The third-order valence-corrected chi connectivity index (χ3v) is 4.00. The van der Waals surface area contributed by atoms with Gasteiger partial charge in [-0.1, -0.05) is 51.2 Å². The molecule has 1 rings (SSSR count). The van der Waals surface area contributed by atoms with Gasteiger partial charge >= 0.3 is 0 Å². The molecule has 0 aromatic rings. The van der Waals surface area contributed by atoms with Crippen molar-refractivity contribution >= 4 is 0 Å². The number of aliphatic hydroxyl groups excluding tert-OH is 3. The van der Waals surface area contributed by atoms with Crippen molar-refractivity contribution in [2.24, 2.45) is 0 Å². The molecule has 0 aliphatic carbocycles. The molecule has 0 aromatic heterocycles. The summed E-state index contributed by atoms with van der Waals surface area (Å²) in [6.45, 7) is 2.34. The summed E-state index contributed by atoms with van der Waals surface area (Å²) in [7, 11) is 0. The Labute approximate surface area is 133 Å². The van der Waals surface area contributed by atoms with Crippen molar-refractivity contribution in [2.45, 2.75) is 76.3 Å². The third kappa shape index (κ3) is 7.20. The van der Waals surface area contributed by atoms with Gasteiger partial charge in [-0.2, -0.15) is 0 Å². The number of allylic oxidation sites excluding steroid dienone is 1. The summed E-state index contributed by atoms with van der Waals surface area (Å²) in [5, 5.41) is 28.4. The highest BCUT2D eigenvalue weighted by Crippen LogP contribution is 2.21. The topological polar surface area (TPSA) is 79.2 Å². The van der Waals surface area contributed by atoms with Gasteiger partial charge in [-0.05, 0) is 12.8 Å². The molecule has 1 fully saturated rings. The number of aliphatic hydroxyl groups is 3. The van der Waals surface area contributed by atoms with E-state index in [0.717, 1.165) is 6.42 Å². The number of hydrogen-bond acceptors (Lipinski definition) is 5. The van der Waals surface area contributed by atoms with Gasteiger partial charge in [0.1, 0.15) is 24.4 Å². The van der Waals surface area contributed by atoms with E-state index in [4.69, 9.17) is 14.6 Å². The summed E-state index contributed by atoms with van der Waals surface area (Å²) in [6, 6.07) is 0. The molecule has 0 spiro atoms. The van der Waals surface area contributed by atoms with Crippen LogP contribution < -0.4 is 0 Å². The molecule has 5 heteroatoms. The monoisotopic (exact) mass is 316 g/mol. The normalized spacial score (nSPS) is 26.8. The van der Waals surface area contributed by atoms with Crippen molar-refractivity contribution in [3.8, 4) is 0 Å². The fourth-order valence-electron chi connectivity index (χ4n) is 2.65. The third-order valence-electron chi connectivity index (χ3n) is 4.00. The summed E-state index contributed by atoms with van der Waals surface area (Å²) >= 11 is 0.